The normalized spacial score (nSPS) is 21.8. The van der Waals surface area contributed by atoms with Crippen molar-refractivity contribution in [3.05, 3.63) is 47.5 Å². The molecule has 2 atom stereocenters. The minimum absolute atomic E-state index is 0.246. The molecule has 214 valence electrons. The topological polar surface area (TPSA) is 111 Å². The van der Waals surface area contributed by atoms with E-state index < -0.39 is 8.65 Å². The highest BCUT2D eigenvalue weighted by Gasteiger charge is 2.48. The number of Topliss-reactive ketones (excluding diaryl/α,β-unsaturated/α-hetero) is 2. The van der Waals surface area contributed by atoms with Crippen LogP contribution in [0.3, 0.4) is 0 Å². The van der Waals surface area contributed by atoms with Gasteiger partial charge in [0.25, 0.3) is 0 Å². The number of hydrogen-bond acceptors (Lipinski definition) is 6. The Bertz CT molecular complexity index is 1220. The summed E-state index contributed by atoms with van der Waals surface area (Å²) in [6.45, 7) is 4.89. The number of alkyl halides is 2. The largest absolute Gasteiger partial charge is 0.494 e. The van der Waals surface area contributed by atoms with E-state index in [2.05, 4.69) is 42.5 Å². The fourth-order valence-electron chi connectivity index (χ4n) is 4.77. The minimum Gasteiger partial charge on any atom is -0.494 e. The second kappa shape index (κ2) is 12.9. The van der Waals surface area contributed by atoms with Gasteiger partial charge in [0.2, 0.25) is 11.8 Å². The predicted molar refractivity (Wildman–Crippen MR) is 161 cm³/mol. The maximum Gasteiger partial charge on any atom is 0.249 e. The monoisotopic (exact) mass is 676 g/mol. The van der Waals surface area contributed by atoms with E-state index in [1.807, 2.05) is 13.8 Å². The molecular formula is C30H34Br2N2O6. The van der Waals surface area contributed by atoms with Gasteiger partial charge in [-0.3, -0.25) is 19.2 Å². The third-order valence-corrected chi connectivity index (χ3v) is 9.47. The standard InChI is InChI=1S/C30H34Br2N2O6/c1-3-5-13-29(31)25(35)21-17-19(9-11-23(21)33-27(29)37)39-15-7-8-16-40-20-10-12-24-22(18-20)26(36)30(32,14-6-4-2)28(38)34-24/h9-12,17-18H,3-8,13-16H2,1-2H3,(H,33,37)(H,34,38). The van der Waals surface area contributed by atoms with E-state index in [4.69, 9.17) is 9.47 Å². The fraction of sp³-hybridized carbons (Fsp3) is 0.467. The molecular weight excluding hydrogens is 644 g/mol. The van der Waals surface area contributed by atoms with Crippen LogP contribution in [0.25, 0.3) is 0 Å². The van der Waals surface area contributed by atoms with E-state index in [1.54, 1.807) is 36.4 Å². The highest BCUT2D eigenvalue weighted by molar-refractivity contribution is 9.10. The van der Waals surface area contributed by atoms with Crippen molar-refractivity contribution in [1.29, 1.82) is 0 Å². The second-order valence-corrected chi connectivity index (χ2v) is 12.9. The Hall–Kier alpha value is -2.72. The molecule has 2 N–H and O–H groups in total. The van der Waals surface area contributed by atoms with E-state index in [9.17, 15) is 19.2 Å². The Kier molecular flexibility index (Phi) is 9.72. The zero-order valence-electron chi connectivity index (χ0n) is 22.7. The fourth-order valence-corrected chi connectivity index (χ4v) is 5.96. The maximum absolute atomic E-state index is 13.1. The molecule has 40 heavy (non-hydrogen) atoms. The first-order valence-electron chi connectivity index (χ1n) is 13.8. The third-order valence-electron chi connectivity index (χ3n) is 7.23. The van der Waals surface area contributed by atoms with Gasteiger partial charge in [-0.1, -0.05) is 71.4 Å². The highest BCUT2D eigenvalue weighted by Crippen LogP contribution is 2.40. The van der Waals surface area contributed by atoms with Crippen LogP contribution >= 0.6 is 31.9 Å². The molecule has 0 radical (unpaired) electrons. The molecule has 0 aromatic heterocycles. The Morgan fingerprint density at radius 1 is 0.650 bits per heavy atom. The summed E-state index contributed by atoms with van der Waals surface area (Å²) in [6.07, 6.45) is 5.56. The van der Waals surface area contributed by atoms with Crippen molar-refractivity contribution in [2.24, 2.45) is 0 Å². The molecule has 0 aliphatic carbocycles. The summed E-state index contributed by atoms with van der Waals surface area (Å²) in [5, 5.41) is 5.66. The zero-order valence-corrected chi connectivity index (χ0v) is 25.9. The molecule has 2 unspecified atom stereocenters. The van der Waals surface area contributed by atoms with Gasteiger partial charge in [0.15, 0.2) is 20.2 Å². The number of hydrogen-bond donors (Lipinski definition) is 2. The zero-order chi connectivity index (χ0) is 28.9. The van der Waals surface area contributed by atoms with Crippen LogP contribution in [0.15, 0.2) is 36.4 Å². The van der Waals surface area contributed by atoms with E-state index >= 15 is 0 Å². The average Bonchev–Trinajstić information content (AvgIpc) is 2.95. The molecule has 2 aromatic rings. The Morgan fingerprint density at radius 3 is 1.43 bits per heavy atom. The van der Waals surface area contributed by atoms with Crippen molar-refractivity contribution >= 4 is 66.6 Å². The average molecular weight is 678 g/mol. The molecule has 2 aliphatic heterocycles. The summed E-state index contributed by atoms with van der Waals surface area (Å²) in [5.41, 5.74) is 1.86. The summed E-state index contributed by atoms with van der Waals surface area (Å²) in [5.74, 6) is -0.0307. The van der Waals surface area contributed by atoms with Gasteiger partial charge in [-0.15, -0.1) is 0 Å². The van der Waals surface area contributed by atoms with Crippen molar-refractivity contribution in [1.82, 2.24) is 0 Å². The lowest BCUT2D eigenvalue weighted by molar-refractivity contribution is -0.118. The van der Waals surface area contributed by atoms with Gasteiger partial charge in [-0.2, -0.15) is 0 Å². The number of anilines is 2. The Morgan fingerprint density at radius 2 is 1.05 bits per heavy atom. The Balaban J connectivity index is 1.28. The number of nitrogens with one attached hydrogen (secondary N) is 2. The van der Waals surface area contributed by atoms with Crippen LogP contribution in [0.5, 0.6) is 11.5 Å². The molecule has 10 heteroatoms. The molecule has 0 saturated heterocycles. The lowest BCUT2D eigenvalue weighted by Gasteiger charge is -2.31. The van der Waals surface area contributed by atoms with Crippen molar-refractivity contribution in [3.8, 4) is 11.5 Å². The van der Waals surface area contributed by atoms with Gasteiger partial charge in [-0.05, 0) is 62.1 Å². The van der Waals surface area contributed by atoms with Crippen LogP contribution in [0.1, 0.15) is 85.9 Å². The number of rotatable bonds is 13. The van der Waals surface area contributed by atoms with Crippen LogP contribution in [-0.4, -0.2) is 45.2 Å². The summed E-state index contributed by atoms with van der Waals surface area (Å²) < 4.78 is 9.26. The number of amides is 2. The predicted octanol–water partition coefficient (Wildman–Crippen LogP) is 6.84. The van der Waals surface area contributed by atoms with E-state index in [0.29, 0.717) is 72.9 Å². The van der Waals surface area contributed by atoms with Crippen molar-refractivity contribution in [3.63, 3.8) is 0 Å². The van der Waals surface area contributed by atoms with Gasteiger partial charge in [0.05, 0.1) is 24.6 Å². The molecule has 4 rings (SSSR count). The van der Waals surface area contributed by atoms with E-state index in [-0.39, 0.29) is 23.4 Å². The van der Waals surface area contributed by atoms with Crippen LogP contribution in [-0.2, 0) is 9.59 Å². The van der Waals surface area contributed by atoms with Gasteiger partial charge in [0, 0.05) is 11.1 Å². The number of ketones is 2. The number of halogens is 2. The number of carbonyl (C=O) groups is 4. The van der Waals surface area contributed by atoms with Gasteiger partial charge < -0.3 is 20.1 Å². The lowest BCUT2D eigenvalue weighted by atomic mass is 9.87. The summed E-state index contributed by atoms with van der Waals surface area (Å²) in [6, 6.07) is 10.2. The van der Waals surface area contributed by atoms with Gasteiger partial charge >= 0.3 is 0 Å². The van der Waals surface area contributed by atoms with Crippen LogP contribution in [0, 0.1) is 0 Å². The number of fused-ring (bicyclic) bond motifs is 2. The van der Waals surface area contributed by atoms with Gasteiger partial charge in [-0.25, -0.2) is 0 Å². The van der Waals surface area contributed by atoms with Gasteiger partial charge in [0.1, 0.15) is 11.5 Å². The van der Waals surface area contributed by atoms with E-state index in [1.165, 1.54) is 0 Å². The first-order chi connectivity index (χ1) is 19.1. The second-order valence-electron chi connectivity index (χ2n) is 10.2. The molecule has 0 bridgehead atoms. The number of ether oxygens (including phenoxy) is 2. The first-order valence-corrected chi connectivity index (χ1v) is 15.4. The first kappa shape index (κ1) is 30.2. The summed E-state index contributed by atoms with van der Waals surface area (Å²) in [4.78, 5) is 51.4. The van der Waals surface area contributed by atoms with Crippen molar-refractivity contribution in [2.45, 2.75) is 73.9 Å². The number of carbonyl (C=O) groups excluding carboxylic acids is 4. The molecule has 8 nitrogen and oxygen atoms in total. The maximum atomic E-state index is 13.1. The van der Waals surface area contributed by atoms with Crippen molar-refractivity contribution in [2.75, 3.05) is 23.8 Å². The lowest BCUT2D eigenvalue weighted by Crippen LogP contribution is -2.48. The van der Waals surface area contributed by atoms with Crippen molar-refractivity contribution < 1.29 is 28.7 Å². The molecule has 2 aliphatic rings. The summed E-state index contributed by atoms with van der Waals surface area (Å²) in [7, 11) is 0. The molecule has 0 spiro atoms. The third kappa shape index (κ3) is 6.12. The number of unbranched alkanes of at least 4 members (excludes halogenated alkanes) is 3. The summed E-state index contributed by atoms with van der Waals surface area (Å²) >= 11 is 6.82. The SMILES string of the molecule is CCCCC1(Br)C(=O)Nc2ccc(OCCCCOc3ccc4c(c3)C(=O)C(Br)(CCCC)C(=O)N4)cc2C1=O. The number of benzene rings is 2. The van der Waals surface area contributed by atoms with Crippen LogP contribution < -0.4 is 20.1 Å². The van der Waals surface area contributed by atoms with Crippen LogP contribution in [0.2, 0.25) is 0 Å². The molecule has 0 fully saturated rings. The van der Waals surface area contributed by atoms with E-state index in [0.717, 1.165) is 25.7 Å². The van der Waals surface area contributed by atoms with Crippen LogP contribution in [0.4, 0.5) is 11.4 Å². The molecule has 2 heterocycles. The highest BCUT2D eigenvalue weighted by atomic mass is 79.9. The molecule has 2 amide bonds. The quantitative estimate of drug-likeness (QED) is 0.136. The smallest absolute Gasteiger partial charge is 0.249 e. The minimum atomic E-state index is -1.25. The molecule has 0 saturated carbocycles. The Labute approximate surface area is 251 Å². The molecule has 2 aromatic carbocycles.